The minimum absolute atomic E-state index is 0.259. The van der Waals surface area contributed by atoms with E-state index in [2.05, 4.69) is 20.9 Å². The number of hydrogen-bond donors (Lipinski definition) is 4. The molecule has 0 spiro atoms. The Labute approximate surface area is 179 Å². The molecule has 0 aliphatic rings. The Morgan fingerprint density at radius 3 is 2.77 bits per heavy atom. The molecule has 0 aliphatic carbocycles. The lowest BCUT2D eigenvalue weighted by atomic mass is 10.1. The number of guanidine groups is 1. The zero-order valence-corrected chi connectivity index (χ0v) is 17.8. The van der Waals surface area contributed by atoms with Crippen LogP contribution in [-0.4, -0.2) is 30.1 Å². The van der Waals surface area contributed by atoms with Crippen LogP contribution in [0.2, 0.25) is 0 Å². The standard InChI is InChI=1S/C22H26N4O3S/c1-3-23-21(25-15-22(2,28)19-10-6-12-30-19)24-14-16-7-4-8-17(13-16)26-20(27)18-9-5-11-29-18/h4-13,28H,3,14-15H2,1-2H3,(H,26,27)(H2,23,24,25). The summed E-state index contributed by atoms with van der Waals surface area (Å²) in [5, 5.41) is 21.8. The maximum absolute atomic E-state index is 12.1. The van der Waals surface area contributed by atoms with Crippen LogP contribution in [0.1, 0.15) is 34.8 Å². The molecule has 2 heterocycles. The van der Waals surface area contributed by atoms with Gasteiger partial charge < -0.3 is 25.5 Å². The third kappa shape index (κ3) is 5.95. The molecule has 0 radical (unpaired) electrons. The third-order valence-electron chi connectivity index (χ3n) is 4.35. The molecular weight excluding hydrogens is 400 g/mol. The van der Waals surface area contributed by atoms with Crippen molar-refractivity contribution in [1.82, 2.24) is 10.6 Å². The fraction of sp³-hybridized carbons (Fsp3) is 0.273. The number of carbonyl (C=O) groups excluding carboxylic acids is 1. The van der Waals surface area contributed by atoms with Crippen molar-refractivity contribution in [3.63, 3.8) is 0 Å². The predicted octanol–water partition coefficient (Wildman–Crippen LogP) is 3.56. The molecule has 3 rings (SSSR count). The molecule has 7 nitrogen and oxygen atoms in total. The molecule has 1 unspecified atom stereocenters. The molecular formula is C22H26N4O3S. The van der Waals surface area contributed by atoms with Crippen molar-refractivity contribution in [2.75, 3.05) is 18.4 Å². The van der Waals surface area contributed by atoms with Gasteiger partial charge in [-0.3, -0.25) is 4.79 Å². The van der Waals surface area contributed by atoms with Crippen LogP contribution in [0.25, 0.3) is 0 Å². The number of rotatable bonds is 8. The Balaban J connectivity index is 1.62. The highest BCUT2D eigenvalue weighted by molar-refractivity contribution is 7.10. The fourth-order valence-electron chi connectivity index (χ4n) is 2.79. The number of anilines is 1. The van der Waals surface area contributed by atoms with E-state index < -0.39 is 5.60 Å². The normalized spacial score (nSPS) is 13.5. The number of nitrogens with zero attached hydrogens (tertiary/aromatic N) is 1. The molecule has 0 saturated carbocycles. The van der Waals surface area contributed by atoms with Gasteiger partial charge in [0.1, 0.15) is 5.60 Å². The number of thiophene rings is 1. The number of nitrogens with one attached hydrogen (secondary N) is 3. The lowest BCUT2D eigenvalue weighted by molar-refractivity contribution is 0.0655. The summed E-state index contributed by atoms with van der Waals surface area (Å²) in [6.07, 6.45) is 1.46. The van der Waals surface area contributed by atoms with Crippen LogP contribution in [0, 0.1) is 0 Å². The minimum Gasteiger partial charge on any atom is -0.459 e. The Bertz CT molecular complexity index is 966. The summed E-state index contributed by atoms with van der Waals surface area (Å²) in [5.41, 5.74) is 0.623. The SMILES string of the molecule is CCNC(=NCc1cccc(NC(=O)c2ccco2)c1)NCC(C)(O)c1cccs1. The van der Waals surface area contributed by atoms with Crippen LogP contribution in [0.3, 0.4) is 0 Å². The second-order valence-electron chi connectivity index (χ2n) is 6.93. The molecule has 3 aromatic rings. The molecule has 2 aromatic heterocycles. The van der Waals surface area contributed by atoms with Crippen molar-refractivity contribution in [3.8, 4) is 0 Å². The molecule has 0 fully saturated rings. The van der Waals surface area contributed by atoms with Gasteiger partial charge in [0.05, 0.1) is 19.4 Å². The van der Waals surface area contributed by atoms with Crippen LogP contribution >= 0.6 is 11.3 Å². The number of amides is 1. The van der Waals surface area contributed by atoms with Crippen molar-refractivity contribution in [3.05, 3.63) is 76.4 Å². The first-order valence-electron chi connectivity index (χ1n) is 9.70. The summed E-state index contributed by atoms with van der Waals surface area (Å²) in [6.45, 7) is 5.21. The molecule has 0 aliphatic heterocycles. The van der Waals surface area contributed by atoms with Gasteiger partial charge in [0.2, 0.25) is 0 Å². The molecule has 158 valence electrons. The van der Waals surface area contributed by atoms with Gasteiger partial charge in [0, 0.05) is 17.1 Å². The molecule has 30 heavy (non-hydrogen) atoms. The summed E-state index contributed by atoms with van der Waals surface area (Å²) in [6, 6.07) is 14.6. The predicted molar refractivity (Wildman–Crippen MR) is 120 cm³/mol. The Morgan fingerprint density at radius 2 is 2.07 bits per heavy atom. The third-order valence-corrected chi connectivity index (χ3v) is 5.47. The van der Waals surface area contributed by atoms with Gasteiger partial charge in [-0.2, -0.15) is 0 Å². The van der Waals surface area contributed by atoms with E-state index in [0.29, 0.717) is 31.3 Å². The van der Waals surface area contributed by atoms with E-state index in [1.807, 2.05) is 48.7 Å². The zero-order valence-electron chi connectivity index (χ0n) is 17.0. The van der Waals surface area contributed by atoms with E-state index in [4.69, 9.17) is 4.42 Å². The van der Waals surface area contributed by atoms with Crippen molar-refractivity contribution in [1.29, 1.82) is 0 Å². The van der Waals surface area contributed by atoms with E-state index in [1.54, 1.807) is 19.1 Å². The monoisotopic (exact) mass is 426 g/mol. The largest absolute Gasteiger partial charge is 0.459 e. The van der Waals surface area contributed by atoms with Crippen LogP contribution in [-0.2, 0) is 12.1 Å². The van der Waals surface area contributed by atoms with Gasteiger partial charge in [-0.25, -0.2) is 4.99 Å². The fourth-order valence-corrected chi connectivity index (χ4v) is 3.57. The summed E-state index contributed by atoms with van der Waals surface area (Å²) >= 11 is 1.52. The number of benzene rings is 1. The van der Waals surface area contributed by atoms with Crippen molar-refractivity contribution < 1.29 is 14.3 Å². The average Bonchev–Trinajstić information content (AvgIpc) is 3.45. The number of furan rings is 1. The van der Waals surface area contributed by atoms with Crippen LogP contribution < -0.4 is 16.0 Å². The highest BCUT2D eigenvalue weighted by atomic mass is 32.1. The van der Waals surface area contributed by atoms with Crippen molar-refractivity contribution in [2.24, 2.45) is 4.99 Å². The lowest BCUT2D eigenvalue weighted by Gasteiger charge is -2.23. The zero-order chi connectivity index (χ0) is 21.4. The van der Waals surface area contributed by atoms with Crippen molar-refractivity contribution in [2.45, 2.75) is 26.0 Å². The number of aliphatic hydroxyl groups is 1. The Hall–Kier alpha value is -3.10. The maximum Gasteiger partial charge on any atom is 0.291 e. The first-order chi connectivity index (χ1) is 14.5. The van der Waals surface area contributed by atoms with Crippen LogP contribution in [0.15, 0.2) is 69.6 Å². The second kappa shape index (κ2) is 10.1. The molecule has 4 N–H and O–H groups in total. The number of carbonyl (C=O) groups is 1. The highest BCUT2D eigenvalue weighted by Gasteiger charge is 2.24. The topological polar surface area (TPSA) is 98.9 Å². The van der Waals surface area contributed by atoms with E-state index in [1.165, 1.54) is 17.6 Å². The number of aliphatic imine (C=N–C) groups is 1. The molecule has 0 saturated heterocycles. The first kappa shape index (κ1) is 21.6. The summed E-state index contributed by atoms with van der Waals surface area (Å²) < 4.78 is 5.11. The molecule has 1 atom stereocenters. The molecule has 0 bridgehead atoms. The lowest BCUT2D eigenvalue weighted by Crippen LogP contribution is -2.44. The van der Waals surface area contributed by atoms with Crippen molar-refractivity contribution >= 4 is 28.9 Å². The van der Waals surface area contributed by atoms with Gasteiger partial charge in [-0.15, -0.1) is 11.3 Å². The smallest absolute Gasteiger partial charge is 0.291 e. The van der Waals surface area contributed by atoms with Gasteiger partial charge >= 0.3 is 0 Å². The summed E-state index contributed by atoms with van der Waals surface area (Å²) in [7, 11) is 0. The Morgan fingerprint density at radius 1 is 1.20 bits per heavy atom. The maximum atomic E-state index is 12.1. The highest BCUT2D eigenvalue weighted by Crippen LogP contribution is 2.24. The van der Waals surface area contributed by atoms with Gasteiger partial charge in [0.15, 0.2) is 11.7 Å². The molecule has 1 amide bonds. The Kier molecular flexibility index (Phi) is 7.26. The quantitative estimate of drug-likeness (QED) is 0.326. The molecule has 1 aromatic carbocycles. The van der Waals surface area contributed by atoms with Gasteiger partial charge in [-0.05, 0) is 55.1 Å². The first-order valence-corrected chi connectivity index (χ1v) is 10.6. The van der Waals surface area contributed by atoms with Gasteiger partial charge in [0.25, 0.3) is 5.91 Å². The van der Waals surface area contributed by atoms with Gasteiger partial charge in [-0.1, -0.05) is 18.2 Å². The van der Waals surface area contributed by atoms with Crippen LogP contribution in [0.5, 0.6) is 0 Å². The van der Waals surface area contributed by atoms with E-state index in [9.17, 15) is 9.90 Å². The average molecular weight is 427 g/mol. The van der Waals surface area contributed by atoms with Crippen LogP contribution in [0.4, 0.5) is 5.69 Å². The van der Waals surface area contributed by atoms with E-state index in [0.717, 1.165) is 10.4 Å². The summed E-state index contributed by atoms with van der Waals surface area (Å²) in [5.74, 6) is 0.570. The minimum atomic E-state index is -0.986. The second-order valence-corrected chi connectivity index (χ2v) is 7.88. The van der Waals surface area contributed by atoms with E-state index >= 15 is 0 Å². The van der Waals surface area contributed by atoms with E-state index in [-0.39, 0.29) is 11.7 Å². The summed E-state index contributed by atoms with van der Waals surface area (Å²) in [4.78, 5) is 17.6. The molecule has 8 heteroatoms. The number of hydrogen-bond acceptors (Lipinski definition) is 5.